The van der Waals surface area contributed by atoms with Crippen molar-refractivity contribution in [3.63, 3.8) is 0 Å². The van der Waals surface area contributed by atoms with E-state index >= 15 is 0 Å². The van der Waals surface area contributed by atoms with Crippen molar-refractivity contribution in [1.82, 2.24) is 10.2 Å². The lowest BCUT2D eigenvalue weighted by molar-refractivity contribution is 0.247. The van der Waals surface area contributed by atoms with Crippen molar-refractivity contribution in [3.8, 4) is 0 Å². The molecule has 1 unspecified atom stereocenters. The second-order valence-electron chi connectivity index (χ2n) is 5.92. The zero-order chi connectivity index (χ0) is 13.7. The third-order valence-electron chi connectivity index (χ3n) is 3.79. The third kappa shape index (κ3) is 4.51. The summed E-state index contributed by atoms with van der Waals surface area (Å²) in [5.74, 6) is 1.27. The molecule has 2 rings (SSSR count). The summed E-state index contributed by atoms with van der Waals surface area (Å²) in [6.45, 7) is 8.35. The minimum Gasteiger partial charge on any atom is -0.313 e. The highest BCUT2D eigenvalue weighted by Crippen LogP contribution is 2.30. The first-order valence-corrected chi connectivity index (χ1v) is 8.18. The second-order valence-corrected chi connectivity index (χ2v) is 7.73. The van der Waals surface area contributed by atoms with Crippen LogP contribution in [0.5, 0.6) is 0 Å². The Morgan fingerprint density at radius 1 is 1.32 bits per heavy atom. The lowest BCUT2D eigenvalue weighted by Crippen LogP contribution is -2.44. The van der Waals surface area contributed by atoms with Crippen molar-refractivity contribution in [2.24, 2.45) is 0 Å². The van der Waals surface area contributed by atoms with Crippen LogP contribution in [0.4, 0.5) is 0 Å². The number of nitrogens with one attached hydrogen (secondary N) is 1. The summed E-state index contributed by atoms with van der Waals surface area (Å²) in [4.78, 5) is 2.61. The summed E-state index contributed by atoms with van der Waals surface area (Å²) < 4.78 is 0.417. The molecule has 2 nitrogen and oxygen atoms in total. The van der Waals surface area contributed by atoms with Gasteiger partial charge in [0.2, 0.25) is 0 Å². The first kappa shape index (κ1) is 14.9. The maximum atomic E-state index is 3.45. The van der Waals surface area contributed by atoms with Gasteiger partial charge in [-0.25, -0.2) is 0 Å². The summed E-state index contributed by atoms with van der Waals surface area (Å²) >= 11 is 2.10. The van der Waals surface area contributed by atoms with Crippen molar-refractivity contribution in [1.29, 1.82) is 0 Å². The van der Waals surface area contributed by atoms with Gasteiger partial charge in [-0.2, -0.15) is 11.8 Å². The van der Waals surface area contributed by atoms with Crippen LogP contribution in [0.2, 0.25) is 0 Å². The van der Waals surface area contributed by atoms with Crippen LogP contribution in [0.15, 0.2) is 30.3 Å². The molecule has 1 heterocycles. The Hall–Kier alpha value is -0.510. The molecule has 1 fully saturated rings. The second kappa shape index (κ2) is 6.78. The minimum atomic E-state index is 0.417. The Morgan fingerprint density at radius 2 is 2.05 bits per heavy atom. The number of hydrogen-bond donors (Lipinski definition) is 1. The monoisotopic (exact) mass is 278 g/mol. The summed E-state index contributed by atoms with van der Waals surface area (Å²) in [7, 11) is 2.06. The Bertz CT molecular complexity index is 378. The van der Waals surface area contributed by atoms with Crippen LogP contribution in [0.3, 0.4) is 0 Å². The number of hydrogen-bond acceptors (Lipinski definition) is 3. The van der Waals surface area contributed by atoms with Gasteiger partial charge in [-0.15, -0.1) is 0 Å². The molecule has 0 aliphatic carbocycles. The summed E-state index contributed by atoms with van der Waals surface area (Å²) in [5, 5.41) is 3.45. The fourth-order valence-electron chi connectivity index (χ4n) is 2.78. The summed E-state index contributed by atoms with van der Waals surface area (Å²) in [6, 6.07) is 11.2. The zero-order valence-electron chi connectivity index (χ0n) is 12.4. The maximum absolute atomic E-state index is 3.45. The van der Waals surface area contributed by atoms with Crippen LogP contribution >= 0.6 is 11.8 Å². The van der Waals surface area contributed by atoms with Crippen LogP contribution in [0.25, 0.3) is 0 Å². The van der Waals surface area contributed by atoms with E-state index in [-0.39, 0.29) is 0 Å². The average Bonchev–Trinajstić information content (AvgIpc) is 2.39. The molecule has 1 atom stereocenters. The minimum absolute atomic E-state index is 0.417. The van der Waals surface area contributed by atoms with Gasteiger partial charge in [-0.3, -0.25) is 0 Å². The van der Waals surface area contributed by atoms with E-state index in [1.54, 1.807) is 0 Å². The zero-order valence-corrected chi connectivity index (χ0v) is 13.2. The van der Waals surface area contributed by atoms with Crippen LogP contribution in [-0.4, -0.2) is 42.1 Å². The lowest BCUT2D eigenvalue weighted by atomic mass is 10.0. The molecule has 0 saturated carbocycles. The predicted octanol–water partition coefficient (Wildman–Crippen LogP) is 3.16. The molecule has 3 heteroatoms. The number of nitrogens with zero attached hydrogens (tertiary/aromatic N) is 1. The molecule has 1 N–H and O–H groups in total. The molecule has 1 aliphatic rings. The van der Waals surface area contributed by atoms with Crippen molar-refractivity contribution in [2.45, 2.75) is 31.1 Å². The highest BCUT2D eigenvalue weighted by molar-refractivity contribution is 8.00. The van der Waals surface area contributed by atoms with Gasteiger partial charge < -0.3 is 10.2 Å². The van der Waals surface area contributed by atoms with E-state index in [2.05, 4.69) is 73.2 Å². The van der Waals surface area contributed by atoms with E-state index in [4.69, 9.17) is 0 Å². The number of benzene rings is 1. The van der Waals surface area contributed by atoms with Gasteiger partial charge in [0, 0.05) is 36.2 Å². The van der Waals surface area contributed by atoms with Crippen molar-refractivity contribution in [3.05, 3.63) is 35.9 Å². The highest BCUT2D eigenvalue weighted by Gasteiger charge is 2.27. The van der Waals surface area contributed by atoms with E-state index in [9.17, 15) is 0 Å². The Balaban J connectivity index is 1.87. The standard InChI is InChI=1S/C16H26N2S/c1-16(2)13-18(11-12-19-16)10-9-15(17-3)14-7-5-4-6-8-14/h4-8,15,17H,9-13H2,1-3H3. The van der Waals surface area contributed by atoms with Crippen LogP contribution in [-0.2, 0) is 0 Å². The highest BCUT2D eigenvalue weighted by atomic mass is 32.2. The van der Waals surface area contributed by atoms with E-state index in [0.29, 0.717) is 10.8 Å². The van der Waals surface area contributed by atoms with E-state index in [1.807, 2.05) is 0 Å². The topological polar surface area (TPSA) is 15.3 Å². The summed E-state index contributed by atoms with van der Waals surface area (Å²) in [6.07, 6.45) is 1.18. The summed E-state index contributed by atoms with van der Waals surface area (Å²) in [5.41, 5.74) is 1.40. The Kier molecular flexibility index (Phi) is 5.31. The molecule has 0 radical (unpaired) electrons. The molecule has 0 amide bonds. The molecule has 1 aliphatic heterocycles. The van der Waals surface area contributed by atoms with Crippen molar-refractivity contribution < 1.29 is 0 Å². The van der Waals surface area contributed by atoms with E-state index < -0.39 is 0 Å². The first-order valence-electron chi connectivity index (χ1n) is 7.19. The largest absolute Gasteiger partial charge is 0.313 e. The van der Waals surface area contributed by atoms with Gasteiger partial charge in [0.15, 0.2) is 0 Å². The molecular weight excluding hydrogens is 252 g/mol. The number of thioether (sulfide) groups is 1. The van der Waals surface area contributed by atoms with Crippen molar-refractivity contribution >= 4 is 11.8 Å². The van der Waals surface area contributed by atoms with Crippen molar-refractivity contribution in [2.75, 3.05) is 32.4 Å². The Morgan fingerprint density at radius 3 is 2.68 bits per heavy atom. The predicted molar refractivity (Wildman–Crippen MR) is 85.8 cm³/mol. The van der Waals surface area contributed by atoms with Gasteiger partial charge in [-0.05, 0) is 32.9 Å². The SMILES string of the molecule is CNC(CCN1CCSC(C)(C)C1)c1ccccc1. The van der Waals surface area contributed by atoms with Gasteiger partial charge in [0.25, 0.3) is 0 Å². The molecule has 19 heavy (non-hydrogen) atoms. The molecular formula is C16H26N2S. The molecule has 0 bridgehead atoms. The third-order valence-corrected chi connectivity index (χ3v) is 5.09. The van der Waals surface area contributed by atoms with Gasteiger partial charge >= 0.3 is 0 Å². The van der Waals surface area contributed by atoms with Crippen LogP contribution in [0, 0.1) is 0 Å². The molecule has 0 aromatic heterocycles. The van der Waals surface area contributed by atoms with Gasteiger partial charge in [0.1, 0.15) is 0 Å². The number of rotatable bonds is 5. The fourth-order valence-corrected chi connectivity index (χ4v) is 3.96. The van der Waals surface area contributed by atoms with Crippen LogP contribution in [0.1, 0.15) is 31.9 Å². The smallest absolute Gasteiger partial charge is 0.0329 e. The van der Waals surface area contributed by atoms with E-state index in [1.165, 1.54) is 37.4 Å². The quantitative estimate of drug-likeness (QED) is 0.890. The van der Waals surface area contributed by atoms with Crippen LogP contribution < -0.4 is 5.32 Å². The van der Waals surface area contributed by atoms with Gasteiger partial charge in [0.05, 0.1) is 0 Å². The lowest BCUT2D eigenvalue weighted by Gasteiger charge is -2.38. The fraction of sp³-hybridized carbons (Fsp3) is 0.625. The molecule has 106 valence electrons. The molecule has 0 spiro atoms. The Labute approximate surface area is 122 Å². The first-order chi connectivity index (χ1) is 9.11. The molecule has 1 aromatic carbocycles. The molecule has 1 saturated heterocycles. The van der Waals surface area contributed by atoms with E-state index in [0.717, 1.165) is 0 Å². The normalized spacial score (nSPS) is 21.2. The maximum Gasteiger partial charge on any atom is 0.0329 e. The van der Waals surface area contributed by atoms with Gasteiger partial charge in [-0.1, -0.05) is 30.3 Å². The average molecular weight is 278 g/mol. The molecule has 1 aromatic rings.